The van der Waals surface area contributed by atoms with Crippen LogP contribution in [0.25, 0.3) is 0 Å². The summed E-state index contributed by atoms with van der Waals surface area (Å²) in [4.78, 5) is 10.6. The van der Waals surface area contributed by atoms with Crippen LogP contribution in [0.5, 0.6) is 0 Å². The van der Waals surface area contributed by atoms with Crippen LogP contribution in [-0.4, -0.2) is 24.2 Å². The number of hydrogen-bond donors (Lipinski definition) is 0. The van der Waals surface area contributed by atoms with Gasteiger partial charge >= 0.3 is 6.16 Å². The molecule has 12 heavy (non-hydrogen) atoms. The van der Waals surface area contributed by atoms with Crippen LogP contribution in [0.3, 0.4) is 0 Å². The van der Waals surface area contributed by atoms with Gasteiger partial charge < -0.3 is 14.2 Å². The highest BCUT2D eigenvalue weighted by Gasteiger charge is 2.64. The lowest BCUT2D eigenvalue weighted by molar-refractivity contribution is -0.304. The summed E-state index contributed by atoms with van der Waals surface area (Å²) < 4.78 is 15.5. The number of ether oxygens (including phenoxy) is 3. The van der Waals surface area contributed by atoms with E-state index >= 15 is 0 Å². The molecular weight excluding hydrogens is 160 g/mol. The number of carbonyl (C=O) groups excluding carboxylic acids is 1. The average molecular weight is 170 g/mol. The first kappa shape index (κ1) is 6.71. The SMILES string of the molecule is CC1C2OC2CCC12OC(=O)O2. The Morgan fingerprint density at radius 3 is 2.92 bits per heavy atom. The van der Waals surface area contributed by atoms with Gasteiger partial charge in [0.25, 0.3) is 5.79 Å². The summed E-state index contributed by atoms with van der Waals surface area (Å²) in [5.74, 6) is -0.441. The van der Waals surface area contributed by atoms with E-state index in [-0.39, 0.29) is 12.0 Å². The Morgan fingerprint density at radius 1 is 1.50 bits per heavy atom. The van der Waals surface area contributed by atoms with Crippen molar-refractivity contribution in [3.63, 3.8) is 0 Å². The Hall–Kier alpha value is -0.770. The monoisotopic (exact) mass is 170 g/mol. The van der Waals surface area contributed by atoms with E-state index in [2.05, 4.69) is 0 Å². The van der Waals surface area contributed by atoms with Crippen molar-refractivity contribution < 1.29 is 19.0 Å². The first-order valence-corrected chi connectivity index (χ1v) is 4.29. The number of rotatable bonds is 0. The second-order valence-corrected chi connectivity index (χ2v) is 3.73. The van der Waals surface area contributed by atoms with Crippen LogP contribution in [0.2, 0.25) is 0 Å². The van der Waals surface area contributed by atoms with Crippen molar-refractivity contribution in [2.24, 2.45) is 5.92 Å². The van der Waals surface area contributed by atoms with Gasteiger partial charge in [-0.15, -0.1) is 0 Å². The van der Waals surface area contributed by atoms with Crippen LogP contribution < -0.4 is 0 Å². The van der Waals surface area contributed by atoms with Gasteiger partial charge in [-0.1, -0.05) is 6.92 Å². The van der Waals surface area contributed by atoms with Gasteiger partial charge in [0.05, 0.1) is 18.1 Å². The van der Waals surface area contributed by atoms with Crippen molar-refractivity contribution in [2.45, 2.75) is 37.8 Å². The van der Waals surface area contributed by atoms with E-state index in [0.717, 1.165) is 12.8 Å². The standard InChI is InChI=1S/C8H10O4/c1-4-6-5(10-6)2-3-8(4)11-7(9)12-8/h4-6H,2-3H2,1H3. The smallest absolute Gasteiger partial charge is 0.390 e. The maximum atomic E-state index is 10.6. The fraction of sp³-hybridized carbons (Fsp3) is 0.875. The van der Waals surface area contributed by atoms with Crippen molar-refractivity contribution in [3.05, 3.63) is 0 Å². The highest BCUT2D eigenvalue weighted by Crippen LogP contribution is 2.51. The van der Waals surface area contributed by atoms with Crippen molar-refractivity contribution in [2.75, 3.05) is 0 Å². The zero-order valence-corrected chi connectivity index (χ0v) is 6.78. The normalized spacial score (nSPS) is 47.1. The van der Waals surface area contributed by atoms with E-state index in [0.29, 0.717) is 6.10 Å². The number of carbonyl (C=O) groups is 1. The Bertz CT molecular complexity index is 241. The molecule has 1 saturated carbocycles. The van der Waals surface area contributed by atoms with Gasteiger partial charge in [-0.05, 0) is 6.42 Å². The molecule has 2 saturated heterocycles. The molecule has 0 N–H and O–H groups in total. The quantitative estimate of drug-likeness (QED) is 0.402. The van der Waals surface area contributed by atoms with E-state index in [4.69, 9.17) is 14.2 Å². The Labute approximate surface area is 69.8 Å². The highest BCUT2D eigenvalue weighted by molar-refractivity contribution is 5.66. The third kappa shape index (κ3) is 0.641. The fourth-order valence-electron chi connectivity index (χ4n) is 2.23. The first-order chi connectivity index (χ1) is 5.71. The summed E-state index contributed by atoms with van der Waals surface area (Å²) in [6.07, 6.45) is 1.84. The zero-order chi connectivity index (χ0) is 8.34. The second kappa shape index (κ2) is 1.76. The molecule has 2 heterocycles. The summed E-state index contributed by atoms with van der Waals surface area (Å²) in [6, 6.07) is 0. The van der Waals surface area contributed by atoms with E-state index in [9.17, 15) is 4.79 Å². The van der Waals surface area contributed by atoms with Gasteiger partial charge in [0.15, 0.2) is 0 Å². The van der Waals surface area contributed by atoms with Crippen molar-refractivity contribution in [3.8, 4) is 0 Å². The van der Waals surface area contributed by atoms with Crippen LogP contribution in [0.4, 0.5) is 4.79 Å². The Balaban J connectivity index is 1.82. The molecule has 4 heteroatoms. The molecule has 2 aliphatic heterocycles. The van der Waals surface area contributed by atoms with Crippen LogP contribution in [0.15, 0.2) is 0 Å². The maximum Gasteiger partial charge on any atom is 0.514 e. The molecule has 0 amide bonds. The molecule has 1 spiro atoms. The third-order valence-corrected chi connectivity index (χ3v) is 3.10. The predicted octanol–water partition coefficient (Wildman–Crippen LogP) is 1.05. The van der Waals surface area contributed by atoms with E-state index < -0.39 is 11.9 Å². The number of epoxide rings is 1. The van der Waals surface area contributed by atoms with Crippen molar-refractivity contribution in [1.82, 2.24) is 0 Å². The van der Waals surface area contributed by atoms with Crippen LogP contribution >= 0.6 is 0 Å². The molecule has 0 radical (unpaired) electrons. The van der Waals surface area contributed by atoms with Gasteiger partial charge in [-0.2, -0.15) is 0 Å². The minimum Gasteiger partial charge on any atom is -0.390 e. The van der Waals surface area contributed by atoms with E-state index in [1.807, 2.05) is 6.92 Å². The fourth-order valence-corrected chi connectivity index (χ4v) is 2.23. The Kier molecular flexibility index (Phi) is 0.987. The summed E-state index contributed by atoms with van der Waals surface area (Å²) in [7, 11) is 0. The molecule has 3 atom stereocenters. The molecule has 4 nitrogen and oxygen atoms in total. The van der Waals surface area contributed by atoms with Crippen LogP contribution in [0.1, 0.15) is 19.8 Å². The first-order valence-electron chi connectivity index (χ1n) is 4.29. The van der Waals surface area contributed by atoms with Crippen molar-refractivity contribution >= 4 is 6.16 Å². The minimum absolute atomic E-state index is 0.189. The molecule has 66 valence electrons. The molecule has 0 aromatic heterocycles. The van der Waals surface area contributed by atoms with Gasteiger partial charge in [0.1, 0.15) is 0 Å². The molecule has 0 aromatic rings. The summed E-state index contributed by atoms with van der Waals surface area (Å²) in [6.45, 7) is 2.01. The van der Waals surface area contributed by atoms with Crippen LogP contribution in [0, 0.1) is 5.92 Å². The molecule has 3 fully saturated rings. The lowest BCUT2D eigenvalue weighted by Crippen LogP contribution is -2.57. The lowest BCUT2D eigenvalue weighted by Gasteiger charge is -2.44. The molecule has 1 aliphatic carbocycles. The van der Waals surface area contributed by atoms with Gasteiger partial charge in [0.2, 0.25) is 0 Å². The molecule has 3 aliphatic rings. The summed E-state index contributed by atoms with van der Waals surface area (Å²) in [5, 5.41) is 0. The highest BCUT2D eigenvalue weighted by atomic mass is 16.9. The van der Waals surface area contributed by atoms with Gasteiger partial charge in [0, 0.05) is 6.42 Å². The van der Waals surface area contributed by atoms with Gasteiger partial charge in [-0.3, -0.25) is 0 Å². The third-order valence-electron chi connectivity index (χ3n) is 3.10. The average Bonchev–Trinajstić information content (AvgIpc) is 2.72. The number of fused-ring (bicyclic) bond motifs is 1. The Morgan fingerprint density at radius 2 is 2.25 bits per heavy atom. The van der Waals surface area contributed by atoms with Crippen molar-refractivity contribution in [1.29, 1.82) is 0 Å². The zero-order valence-electron chi connectivity index (χ0n) is 6.78. The largest absolute Gasteiger partial charge is 0.514 e. The summed E-state index contributed by atoms with van der Waals surface area (Å²) in [5.41, 5.74) is 0. The van der Waals surface area contributed by atoms with Gasteiger partial charge in [-0.25, -0.2) is 4.79 Å². The molecular formula is C8H10O4. The second-order valence-electron chi connectivity index (χ2n) is 3.73. The minimum atomic E-state index is -0.630. The topological polar surface area (TPSA) is 48.1 Å². The van der Waals surface area contributed by atoms with E-state index in [1.165, 1.54) is 0 Å². The molecule has 3 unspecified atom stereocenters. The van der Waals surface area contributed by atoms with E-state index in [1.54, 1.807) is 0 Å². The molecule has 3 rings (SSSR count). The molecule has 0 bridgehead atoms. The maximum absolute atomic E-state index is 10.6. The van der Waals surface area contributed by atoms with Crippen LogP contribution in [-0.2, 0) is 14.2 Å². The summed E-state index contributed by atoms with van der Waals surface area (Å²) >= 11 is 0. The lowest BCUT2D eigenvalue weighted by atomic mass is 9.84. The predicted molar refractivity (Wildman–Crippen MR) is 37.4 cm³/mol. The number of hydrogen-bond acceptors (Lipinski definition) is 4. The molecule has 0 aromatic carbocycles.